The number of hydrogen-bond acceptors (Lipinski definition) is 8. The number of hydrogen-bond donors (Lipinski definition) is 2. The lowest BCUT2D eigenvalue weighted by atomic mass is 10.2. The van der Waals surface area contributed by atoms with Crippen molar-refractivity contribution in [2.45, 2.75) is 44.3 Å². The fourth-order valence-electron chi connectivity index (χ4n) is 4.61. The Morgan fingerprint density at radius 2 is 1.88 bits per heavy atom. The highest BCUT2D eigenvalue weighted by Crippen LogP contribution is 2.25. The van der Waals surface area contributed by atoms with Gasteiger partial charge in [0.05, 0.1) is 12.2 Å². The molecule has 0 radical (unpaired) electrons. The number of nitrogens with zero attached hydrogens (tertiary/aromatic N) is 8. The smallest absolute Gasteiger partial charge is 0.382 e. The van der Waals surface area contributed by atoms with E-state index in [0.717, 1.165) is 4.68 Å². The fourth-order valence-corrected chi connectivity index (χ4v) is 4.73. The number of nitrogens with two attached hydrogens (primary N) is 1. The first-order chi connectivity index (χ1) is 19.9. The molecule has 5 rings (SSSR count). The van der Waals surface area contributed by atoms with Crippen molar-refractivity contribution in [2.24, 2.45) is 5.73 Å². The lowest BCUT2D eigenvalue weighted by molar-refractivity contribution is -0.207. The van der Waals surface area contributed by atoms with Crippen LogP contribution in [0.25, 0.3) is 17.1 Å². The Labute approximate surface area is 240 Å². The number of aliphatic hydroxyl groups is 1. The SMILES string of the molecule is NC(=O)[C@@H]1CCCN1C(=O)c1ncccc1-n1cnc(Cn2nc(-c3ccc(Cl)cc3)n(C[C@@H](O)C(F)(F)F)c2=O)n1. The predicted molar refractivity (Wildman–Crippen MR) is 141 cm³/mol. The minimum Gasteiger partial charge on any atom is -0.382 e. The van der Waals surface area contributed by atoms with Gasteiger partial charge in [0, 0.05) is 23.3 Å². The van der Waals surface area contributed by atoms with Crippen molar-refractivity contribution in [1.29, 1.82) is 0 Å². The molecule has 0 saturated carbocycles. The molecule has 4 heterocycles. The highest BCUT2D eigenvalue weighted by Gasteiger charge is 2.39. The maximum absolute atomic E-state index is 13.3. The maximum atomic E-state index is 13.3. The summed E-state index contributed by atoms with van der Waals surface area (Å²) in [5.41, 5.74) is 5.04. The van der Waals surface area contributed by atoms with Crippen molar-refractivity contribution in [2.75, 3.05) is 6.54 Å². The van der Waals surface area contributed by atoms with E-state index in [1.165, 1.54) is 46.4 Å². The number of rotatable bonds is 8. The van der Waals surface area contributed by atoms with E-state index < -0.39 is 42.4 Å². The number of benzene rings is 1. The van der Waals surface area contributed by atoms with Gasteiger partial charge in [0.1, 0.15) is 18.9 Å². The predicted octanol–water partition coefficient (Wildman–Crippen LogP) is 1.40. The summed E-state index contributed by atoms with van der Waals surface area (Å²) in [5.74, 6) is -1.23. The number of primary amides is 1. The first-order valence-electron chi connectivity index (χ1n) is 12.6. The van der Waals surface area contributed by atoms with Crippen LogP contribution in [0.15, 0.2) is 53.7 Å². The molecule has 0 spiro atoms. The molecule has 2 amide bonds. The Bertz CT molecular complexity index is 1680. The van der Waals surface area contributed by atoms with E-state index in [-0.39, 0.29) is 35.1 Å². The third kappa shape index (κ3) is 5.75. The molecule has 17 heteroatoms. The second kappa shape index (κ2) is 11.4. The summed E-state index contributed by atoms with van der Waals surface area (Å²) in [6.07, 6.45) is -4.06. The van der Waals surface area contributed by atoms with Crippen LogP contribution in [0.3, 0.4) is 0 Å². The minimum atomic E-state index is -4.97. The second-order valence-electron chi connectivity index (χ2n) is 9.47. The van der Waals surface area contributed by atoms with E-state index in [1.54, 1.807) is 12.1 Å². The lowest BCUT2D eigenvalue weighted by Crippen LogP contribution is -2.44. The summed E-state index contributed by atoms with van der Waals surface area (Å²) < 4.78 is 42.2. The lowest BCUT2D eigenvalue weighted by Gasteiger charge is -2.22. The topological polar surface area (TPSA) is 167 Å². The van der Waals surface area contributed by atoms with Gasteiger partial charge in [-0.25, -0.2) is 24.1 Å². The number of aromatic nitrogens is 7. The Morgan fingerprint density at radius 3 is 2.57 bits per heavy atom. The van der Waals surface area contributed by atoms with Gasteiger partial charge in [-0.1, -0.05) is 11.6 Å². The molecule has 1 aromatic carbocycles. The van der Waals surface area contributed by atoms with Crippen LogP contribution in [0.2, 0.25) is 5.02 Å². The van der Waals surface area contributed by atoms with Gasteiger partial charge >= 0.3 is 11.9 Å². The van der Waals surface area contributed by atoms with Crippen LogP contribution in [-0.4, -0.2) is 80.8 Å². The van der Waals surface area contributed by atoms with Crippen molar-refractivity contribution < 1.29 is 27.9 Å². The molecule has 3 N–H and O–H groups in total. The van der Waals surface area contributed by atoms with Crippen LogP contribution in [0.4, 0.5) is 13.2 Å². The normalized spacial score (nSPS) is 16.1. The molecule has 220 valence electrons. The molecule has 4 aromatic rings. The largest absolute Gasteiger partial charge is 0.416 e. The molecule has 13 nitrogen and oxygen atoms in total. The van der Waals surface area contributed by atoms with Crippen LogP contribution >= 0.6 is 11.6 Å². The maximum Gasteiger partial charge on any atom is 0.416 e. The molecule has 1 aliphatic rings. The number of carbonyl (C=O) groups is 2. The summed E-state index contributed by atoms with van der Waals surface area (Å²) in [6.45, 7) is -1.11. The van der Waals surface area contributed by atoms with Crippen LogP contribution < -0.4 is 11.4 Å². The summed E-state index contributed by atoms with van der Waals surface area (Å²) in [5, 5.41) is 18.5. The highest BCUT2D eigenvalue weighted by molar-refractivity contribution is 6.30. The first kappa shape index (κ1) is 28.9. The number of aliphatic hydroxyl groups excluding tert-OH is 1. The molecule has 0 bridgehead atoms. The average Bonchev–Trinajstić information content (AvgIpc) is 3.69. The summed E-state index contributed by atoms with van der Waals surface area (Å²) in [4.78, 5) is 47.9. The fraction of sp³-hybridized carbons (Fsp3) is 0.320. The number of amides is 2. The van der Waals surface area contributed by atoms with E-state index in [1.807, 2.05) is 0 Å². The van der Waals surface area contributed by atoms with Gasteiger partial charge in [-0.15, -0.1) is 10.2 Å². The van der Waals surface area contributed by atoms with E-state index in [2.05, 4.69) is 20.2 Å². The summed E-state index contributed by atoms with van der Waals surface area (Å²) in [7, 11) is 0. The van der Waals surface area contributed by atoms with E-state index in [4.69, 9.17) is 17.3 Å². The molecule has 0 unspecified atom stereocenters. The number of carbonyl (C=O) groups excluding carboxylic acids is 2. The van der Waals surface area contributed by atoms with Crippen LogP contribution in [-0.2, 0) is 17.9 Å². The quantitative estimate of drug-likeness (QED) is 0.304. The van der Waals surface area contributed by atoms with Crippen LogP contribution in [0.1, 0.15) is 29.2 Å². The van der Waals surface area contributed by atoms with Crippen LogP contribution in [0, 0.1) is 0 Å². The average molecular weight is 606 g/mol. The van der Waals surface area contributed by atoms with Gasteiger partial charge in [-0.3, -0.25) is 14.2 Å². The van der Waals surface area contributed by atoms with Crippen molar-refractivity contribution >= 4 is 23.4 Å². The second-order valence-corrected chi connectivity index (χ2v) is 9.91. The molecule has 2 atom stereocenters. The van der Waals surface area contributed by atoms with Crippen molar-refractivity contribution in [3.05, 3.63) is 75.9 Å². The van der Waals surface area contributed by atoms with Gasteiger partial charge in [0.2, 0.25) is 5.91 Å². The number of alkyl halides is 3. The van der Waals surface area contributed by atoms with E-state index in [0.29, 0.717) is 29.0 Å². The molecule has 42 heavy (non-hydrogen) atoms. The Hall–Kier alpha value is -4.57. The number of halogens is 4. The van der Waals surface area contributed by atoms with Gasteiger partial charge < -0.3 is 15.7 Å². The van der Waals surface area contributed by atoms with Gasteiger partial charge in [0.25, 0.3) is 5.91 Å². The van der Waals surface area contributed by atoms with E-state index in [9.17, 15) is 32.7 Å². The summed E-state index contributed by atoms with van der Waals surface area (Å²) in [6, 6.07) is 8.28. The first-order valence-corrected chi connectivity index (χ1v) is 13.0. The van der Waals surface area contributed by atoms with Crippen molar-refractivity contribution in [3.63, 3.8) is 0 Å². The Balaban J connectivity index is 1.46. The summed E-state index contributed by atoms with van der Waals surface area (Å²) >= 11 is 5.92. The van der Waals surface area contributed by atoms with Crippen molar-refractivity contribution in [3.8, 4) is 17.1 Å². The molecular formula is C25H23ClF3N9O4. The molecule has 1 fully saturated rings. The third-order valence-corrected chi connectivity index (χ3v) is 6.92. The molecule has 3 aromatic heterocycles. The molecular weight excluding hydrogens is 583 g/mol. The zero-order chi connectivity index (χ0) is 30.2. The minimum absolute atomic E-state index is 0.00490. The monoisotopic (exact) mass is 605 g/mol. The zero-order valence-electron chi connectivity index (χ0n) is 21.6. The number of likely N-dealkylation sites (tertiary alicyclic amines) is 1. The van der Waals surface area contributed by atoms with Gasteiger partial charge in [0.15, 0.2) is 23.4 Å². The molecule has 1 saturated heterocycles. The molecule has 1 aliphatic heterocycles. The van der Waals surface area contributed by atoms with Crippen LogP contribution in [0.5, 0.6) is 0 Å². The van der Waals surface area contributed by atoms with E-state index >= 15 is 0 Å². The number of pyridine rings is 1. The van der Waals surface area contributed by atoms with Crippen molar-refractivity contribution in [1.82, 2.24) is 39.0 Å². The standard InChI is InChI=1S/C25H23ClF3N9O4/c26-15-7-5-14(6-8-15)22-34-37(24(42)36(22)11-18(39)25(27,28)29)12-19-32-13-38(33-19)16-3-1-9-31-20(16)23(41)35-10-2-4-17(35)21(30)40/h1,3,5-9,13,17-18,39H,2,4,10-12H2,(H2,30,40)/t17-,18+/m0/s1. The third-order valence-electron chi connectivity index (χ3n) is 6.67. The highest BCUT2D eigenvalue weighted by atomic mass is 35.5. The Morgan fingerprint density at radius 1 is 1.14 bits per heavy atom. The molecule has 0 aliphatic carbocycles. The Kier molecular flexibility index (Phi) is 7.83. The van der Waals surface area contributed by atoms with Gasteiger partial charge in [-0.2, -0.15) is 13.2 Å². The zero-order valence-corrected chi connectivity index (χ0v) is 22.4. The van der Waals surface area contributed by atoms with Gasteiger partial charge in [-0.05, 0) is 49.2 Å².